The van der Waals surface area contributed by atoms with E-state index < -0.39 is 31.8 Å². The van der Waals surface area contributed by atoms with E-state index in [4.69, 9.17) is 0 Å². The lowest BCUT2D eigenvalue weighted by atomic mass is 10.2. The van der Waals surface area contributed by atoms with E-state index in [2.05, 4.69) is 5.32 Å². The number of carbonyl (C=O) groups is 1. The Hall–Kier alpha value is -0.670. The van der Waals surface area contributed by atoms with Gasteiger partial charge in [-0.2, -0.15) is 4.31 Å². The minimum atomic E-state index is -3.44. The Morgan fingerprint density at radius 2 is 2.00 bits per heavy atom. The molecule has 0 bridgehead atoms. The van der Waals surface area contributed by atoms with Crippen molar-refractivity contribution in [3.63, 3.8) is 0 Å². The molecule has 21 heavy (non-hydrogen) atoms. The fourth-order valence-corrected chi connectivity index (χ4v) is 4.73. The van der Waals surface area contributed by atoms with E-state index in [-0.39, 0.29) is 18.1 Å². The molecule has 1 atom stereocenters. The van der Waals surface area contributed by atoms with Gasteiger partial charge in [-0.05, 0) is 12.8 Å². The summed E-state index contributed by atoms with van der Waals surface area (Å²) in [5.41, 5.74) is 0. The van der Waals surface area contributed by atoms with E-state index in [9.17, 15) is 21.6 Å². The number of nitrogens with zero attached hydrogens (tertiary/aromatic N) is 1. The van der Waals surface area contributed by atoms with E-state index in [1.807, 2.05) is 6.92 Å². The first-order chi connectivity index (χ1) is 9.64. The molecule has 0 aromatic carbocycles. The van der Waals surface area contributed by atoms with Gasteiger partial charge in [-0.15, -0.1) is 0 Å². The minimum Gasteiger partial charge on any atom is -0.351 e. The second-order valence-electron chi connectivity index (χ2n) is 5.47. The number of sulfonamides is 1. The Morgan fingerprint density at radius 1 is 1.33 bits per heavy atom. The Balaban J connectivity index is 2.52. The first kappa shape index (κ1) is 18.4. The van der Waals surface area contributed by atoms with Crippen LogP contribution in [0.4, 0.5) is 0 Å². The van der Waals surface area contributed by atoms with Crippen molar-refractivity contribution in [3.05, 3.63) is 0 Å². The van der Waals surface area contributed by atoms with Crippen molar-refractivity contribution >= 4 is 25.8 Å². The average Bonchev–Trinajstić information content (AvgIpc) is 2.66. The van der Waals surface area contributed by atoms with Gasteiger partial charge >= 0.3 is 0 Å². The van der Waals surface area contributed by atoms with Crippen molar-refractivity contribution in [2.24, 2.45) is 0 Å². The number of amides is 1. The summed E-state index contributed by atoms with van der Waals surface area (Å²) in [6, 6.07) is -0.403. The van der Waals surface area contributed by atoms with Crippen LogP contribution in [0.25, 0.3) is 0 Å². The third-order valence-electron chi connectivity index (χ3n) is 3.40. The topological polar surface area (TPSA) is 101 Å². The highest BCUT2D eigenvalue weighted by molar-refractivity contribution is 7.91. The van der Waals surface area contributed by atoms with Crippen LogP contribution in [0.3, 0.4) is 0 Å². The van der Waals surface area contributed by atoms with Crippen LogP contribution in [0, 0.1) is 0 Å². The molecule has 9 heteroatoms. The monoisotopic (exact) mass is 340 g/mol. The van der Waals surface area contributed by atoms with Crippen LogP contribution >= 0.6 is 0 Å². The zero-order chi connectivity index (χ0) is 16.1. The fraction of sp³-hybridized carbons (Fsp3) is 0.917. The highest BCUT2D eigenvalue weighted by Crippen LogP contribution is 2.11. The minimum absolute atomic E-state index is 0.0621. The number of sulfone groups is 1. The predicted molar refractivity (Wildman–Crippen MR) is 81.1 cm³/mol. The summed E-state index contributed by atoms with van der Waals surface area (Å²) in [6.07, 6.45) is 4.03. The van der Waals surface area contributed by atoms with Crippen molar-refractivity contribution in [3.8, 4) is 0 Å². The molecule has 124 valence electrons. The molecule has 1 aliphatic heterocycles. The molecule has 0 spiro atoms. The summed E-state index contributed by atoms with van der Waals surface area (Å²) < 4.78 is 47.1. The molecular weight excluding hydrogens is 316 g/mol. The van der Waals surface area contributed by atoms with Gasteiger partial charge in [0.2, 0.25) is 15.9 Å². The maximum absolute atomic E-state index is 11.9. The Labute approximate surface area is 127 Å². The lowest BCUT2D eigenvalue weighted by molar-refractivity contribution is -0.121. The van der Waals surface area contributed by atoms with Crippen molar-refractivity contribution in [1.29, 1.82) is 0 Å². The van der Waals surface area contributed by atoms with Gasteiger partial charge in [0.15, 0.2) is 9.84 Å². The number of carbonyl (C=O) groups excluding carboxylic acids is 1. The third-order valence-corrected chi connectivity index (χ3v) is 6.42. The zero-order valence-corrected chi connectivity index (χ0v) is 14.2. The smallest absolute Gasteiger partial charge is 0.235 e. The average molecular weight is 340 g/mol. The number of hydrogen-bond donors (Lipinski definition) is 1. The maximum Gasteiger partial charge on any atom is 0.235 e. The van der Waals surface area contributed by atoms with Crippen LogP contribution in [0.1, 0.15) is 32.6 Å². The highest BCUT2D eigenvalue weighted by Gasteiger charge is 2.29. The molecule has 0 saturated carbocycles. The van der Waals surface area contributed by atoms with Gasteiger partial charge in [0.05, 0.1) is 24.3 Å². The van der Waals surface area contributed by atoms with Crippen molar-refractivity contribution in [2.75, 3.05) is 30.9 Å². The van der Waals surface area contributed by atoms with Gasteiger partial charge in [0.1, 0.15) is 0 Å². The zero-order valence-electron chi connectivity index (χ0n) is 12.5. The molecule has 1 aliphatic rings. The third kappa shape index (κ3) is 6.75. The van der Waals surface area contributed by atoms with Gasteiger partial charge < -0.3 is 5.32 Å². The van der Waals surface area contributed by atoms with E-state index in [0.29, 0.717) is 19.4 Å². The van der Waals surface area contributed by atoms with Crippen molar-refractivity contribution in [2.45, 2.75) is 38.6 Å². The van der Waals surface area contributed by atoms with Gasteiger partial charge in [-0.3, -0.25) is 4.79 Å². The summed E-state index contributed by atoms with van der Waals surface area (Å²) in [4.78, 5) is 11.9. The largest absolute Gasteiger partial charge is 0.351 e. The van der Waals surface area contributed by atoms with Gasteiger partial charge in [0, 0.05) is 12.6 Å². The predicted octanol–water partition coefficient (Wildman–Crippen LogP) is -0.258. The molecule has 1 heterocycles. The first-order valence-corrected chi connectivity index (χ1v) is 10.8. The second-order valence-corrected chi connectivity index (χ2v) is 9.68. The van der Waals surface area contributed by atoms with Crippen LogP contribution in [-0.2, 0) is 24.7 Å². The Bertz CT molecular complexity index is 556. The van der Waals surface area contributed by atoms with Gasteiger partial charge in [0.25, 0.3) is 0 Å². The molecule has 1 N–H and O–H groups in total. The summed E-state index contributed by atoms with van der Waals surface area (Å²) in [6.45, 7) is 2.07. The van der Waals surface area contributed by atoms with Crippen LogP contribution in [-0.4, -0.2) is 63.9 Å². The fourth-order valence-electron chi connectivity index (χ4n) is 2.24. The number of nitrogens with one attached hydrogen (secondary N) is 1. The molecule has 7 nitrogen and oxygen atoms in total. The van der Waals surface area contributed by atoms with Gasteiger partial charge in [-0.1, -0.05) is 19.8 Å². The standard InChI is InChI=1S/C12H24N2O5S2/c1-3-4-5-7-14(20(2,16)17)9-12(15)13-11-6-8-21(18,19)10-11/h11H,3-10H2,1-2H3,(H,13,15). The molecule has 1 rings (SSSR count). The second kappa shape index (κ2) is 7.55. The normalized spacial score (nSPS) is 21.6. The molecular formula is C12H24N2O5S2. The van der Waals surface area contributed by atoms with Crippen LogP contribution in [0.5, 0.6) is 0 Å². The van der Waals surface area contributed by atoms with E-state index in [1.165, 1.54) is 0 Å². The van der Waals surface area contributed by atoms with E-state index in [0.717, 1.165) is 23.4 Å². The summed E-state index contributed by atoms with van der Waals surface area (Å²) in [5.74, 6) is -0.434. The molecule has 0 aliphatic carbocycles. The first-order valence-electron chi connectivity index (χ1n) is 7.09. The molecule has 1 unspecified atom stereocenters. The van der Waals surface area contributed by atoms with Crippen LogP contribution < -0.4 is 5.32 Å². The number of hydrogen-bond acceptors (Lipinski definition) is 5. The SMILES string of the molecule is CCCCCN(CC(=O)NC1CCS(=O)(=O)C1)S(C)(=O)=O. The molecule has 0 aromatic heterocycles. The molecule has 1 fully saturated rings. The van der Waals surface area contributed by atoms with Crippen LogP contribution in [0.2, 0.25) is 0 Å². The van der Waals surface area contributed by atoms with Crippen molar-refractivity contribution < 1.29 is 21.6 Å². The summed E-state index contributed by atoms with van der Waals surface area (Å²) in [5, 5.41) is 2.60. The Kier molecular flexibility index (Phi) is 6.61. The lowest BCUT2D eigenvalue weighted by Crippen LogP contribution is -2.44. The van der Waals surface area contributed by atoms with Gasteiger partial charge in [-0.25, -0.2) is 16.8 Å². The lowest BCUT2D eigenvalue weighted by Gasteiger charge is -2.20. The summed E-state index contributed by atoms with van der Waals surface area (Å²) in [7, 11) is -6.50. The molecule has 1 amide bonds. The molecule has 1 saturated heterocycles. The summed E-state index contributed by atoms with van der Waals surface area (Å²) >= 11 is 0. The van der Waals surface area contributed by atoms with E-state index in [1.54, 1.807) is 0 Å². The Morgan fingerprint density at radius 3 is 2.48 bits per heavy atom. The maximum atomic E-state index is 11.9. The van der Waals surface area contributed by atoms with Crippen LogP contribution in [0.15, 0.2) is 0 Å². The quantitative estimate of drug-likeness (QED) is 0.614. The van der Waals surface area contributed by atoms with Crippen molar-refractivity contribution in [1.82, 2.24) is 9.62 Å². The van der Waals surface area contributed by atoms with E-state index >= 15 is 0 Å². The number of unbranched alkanes of at least 4 members (excludes halogenated alkanes) is 2. The molecule has 0 radical (unpaired) electrons. The molecule has 0 aromatic rings. The highest BCUT2D eigenvalue weighted by atomic mass is 32.2. The number of rotatable bonds is 8.